The topological polar surface area (TPSA) is 132 Å². The molecule has 1 aromatic rings. The maximum Gasteiger partial charge on any atom is 0.337 e. The summed E-state index contributed by atoms with van der Waals surface area (Å²) in [6, 6.07) is -0.381. The minimum atomic E-state index is -3.01. The van der Waals surface area contributed by atoms with Crippen LogP contribution < -0.4 is 10.6 Å². The molecule has 3 rings (SSSR count). The quantitative estimate of drug-likeness (QED) is 0.488. The minimum Gasteiger partial charge on any atom is -0.463 e. The van der Waals surface area contributed by atoms with E-state index in [1.54, 1.807) is 18.5 Å². The van der Waals surface area contributed by atoms with Gasteiger partial charge in [0.15, 0.2) is 15.0 Å². The standard InChI is InChI=1S/C15H21N5O5S2/c1-3-25-13(21)10-6-16-14(22)17-11(10)7-26-15-19-18-12(20(15)2)9-4-5-27(23,24)8-9/h9H,3-8H2,1-2H3,(H2,16,17,22)/t9-/m0/s1. The van der Waals surface area contributed by atoms with Crippen molar-refractivity contribution in [3.05, 3.63) is 17.1 Å². The molecule has 0 radical (unpaired) electrons. The van der Waals surface area contributed by atoms with Crippen LogP contribution in [0.5, 0.6) is 0 Å². The molecule has 1 aromatic heterocycles. The highest BCUT2D eigenvalue weighted by atomic mass is 32.2. The number of rotatable bonds is 6. The molecule has 10 nitrogen and oxygen atoms in total. The van der Waals surface area contributed by atoms with E-state index in [1.807, 2.05) is 0 Å². The van der Waals surface area contributed by atoms with E-state index in [9.17, 15) is 18.0 Å². The Morgan fingerprint density at radius 1 is 1.41 bits per heavy atom. The molecule has 1 fully saturated rings. The summed E-state index contributed by atoms with van der Waals surface area (Å²) in [5.74, 6) is 0.555. The van der Waals surface area contributed by atoms with Crippen molar-refractivity contribution in [1.82, 2.24) is 25.4 Å². The summed E-state index contributed by atoms with van der Waals surface area (Å²) >= 11 is 1.31. The first-order valence-corrected chi connectivity index (χ1v) is 11.3. The van der Waals surface area contributed by atoms with Gasteiger partial charge in [-0.25, -0.2) is 18.0 Å². The summed E-state index contributed by atoms with van der Waals surface area (Å²) in [6.07, 6.45) is 0.541. The molecule has 2 aliphatic heterocycles. The zero-order valence-corrected chi connectivity index (χ0v) is 16.7. The number of carbonyl (C=O) groups excluding carboxylic acids is 2. The summed E-state index contributed by atoms with van der Waals surface area (Å²) in [5, 5.41) is 14.0. The van der Waals surface area contributed by atoms with Crippen molar-refractivity contribution in [3.8, 4) is 0 Å². The number of ether oxygens (including phenoxy) is 1. The highest BCUT2D eigenvalue weighted by Gasteiger charge is 2.32. The lowest BCUT2D eigenvalue weighted by Crippen LogP contribution is -2.44. The first-order chi connectivity index (χ1) is 12.8. The zero-order valence-electron chi connectivity index (χ0n) is 15.0. The fourth-order valence-corrected chi connectivity index (χ4v) is 5.66. The third-order valence-electron chi connectivity index (χ3n) is 4.39. The number of thioether (sulfide) groups is 1. The van der Waals surface area contributed by atoms with E-state index >= 15 is 0 Å². The van der Waals surface area contributed by atoms with Crippen molar-refractivity contribution in [2.24, 2.45) is 7.05 Å². The number of nitrogens with zero attached hydrogens (tertiary/aromatic N) is 3. The predicted molar refractivity (Wildman–Crippen MR) is 97.9 cm³/mol. The minimum absolute atomic E-state index is 0.0868. The Morgan fingerprint density at radius 2 is 2.19 bits per heavy atom. The highest BCUT2D eigenvalue weighted by molar-refractivity contribution is 7.99. The van der Waals surface area contributed by atoms with Gasteiger partial charge in [-0.15, -0.1) is 10.2 Å². The Kier molecular flexibility index (Phi) is 5.75. The molecule has 0 bridgehead atoms. The van der Waals surface area contributed by atoms with E-state index in [2.05, 4.69) is 20.8 Å². The van der Waals surface area contributed by atoms with E-state index in [4.69, 9.17) is 4.74 Å². The summed E-state index contributed by atoms with van der Waals surface area (Å²) in [7, 11) is -1.23. The number of aromatic nitrogens is 3. The van der Waals surface area contributed by atoms with Crippen molar-refractivity contribution in [2.75, 3.05) is 30.4 Å². The van der Waals surface area contributed by atoms with Crippen molar-refractivity contribution >= 4 is 33.6 Å². The van der Waals surface area contributed by atoms with E-state index in [0.717, 1.165) is 0 Å². The van der Waals surface area contributed by atoms with Gasteiger partial charge in [-0.2, -0.15) is 0 Å². The van der Waals surface area contributed by atoms with Crippen molar-refractivity contribution in [1.29, 1.82) is 0 Å². The van der Waals surface area contributed by atoms with Crippen LogP contribution in [0.1, 0.15) is 25.1 Å². The number of nitrogens with one attached hydrogen (secondary N) is 2. The lowest BCUT2D eigenvalue weighted by atomic mass is 10.1. The Bertz CT molecular complexity index is 892. The fourth-order valence-electron chi connectivity index (χ4n) is 3.01. The average Bonchev–Trinajstić information content (AvgIpc) is 3.15. The van der Waals surface area contributed by atoms with Gasteiger partial charge < -0.3 is 19.9 Å². The number of hydrogen-bond donors (Lipinski definition) is 2. The fraction of sp³-hybridized carbons (Fsp3) is 0.600. The van der Waals surface area contributed by atoms with Gasteiger partial charge in [-0.05, 0) is 13.3 Å². The lowest BCUT2D eigenvalue weighted by Gasteiger charge is -2.21. The number of esters is 1. The maximum absolute atomic E-state index is 12.1. The summed E-state index contributed by atoms with van der Waals surface area (Å²) in [6.45, 7) is 2.06. The molecule has 0 aliphatic carbocycles. The molecule has 1 saturated heterocycles. The second-order valence-electron chi connectivity index (χ2n) is 6.27. The molecule has 0 aromatic carbocycles. The molecule has 2 N–H and O–H groups in total. The zero-order chi connectivity index (χ0) is 19.6. The largest absolute Gasteiger partial charge is 0.463 e. The van der Waals surface area contributed by atoms with Crippen LogP contribution in [0.3, 0.4) is 0 Å². The van der Waals surface area contributed by atoms with Crippen LogP contribution in [0.15, 0.2) is 16.4 Å². The van der Waals surface area contributed by atoms with Gasteiger partial charge in [-0.3, -0.25) is 0 Å². The molecule has 2 amide bonds. The third kappa shape index (κ3) is 4.43. The van der Waals surface area contributed by atoms with Crippen LogP contribution in [0, 0.1) is 0 Å². The van der Waals surface area contributed by atoms with E-state index in [1.165, 1.54) is 11.8 Å². The second-order valence-corrected chi connectivity index (χ2v) is 9.44. The third-order valence-corrected chi connectivity index (χ3v) is 7.20. The monoisotopic (exact) mass is 415 g/mol. The molecular formula is C15H21N5O5S2. The van der Waals surface area contributed by atoms with Gasteiger partial charge in [-0.1, -0.05) is 11.8 Å². The van der Waals surface area contributed by atoms with E-state index in [-0.39, 0.29) is 36.6 Å². The normalized spacial score (nSPS) is 21.7. The Labute approximate surface area is 161 Å². The smallest absolute Gasteiger partial charge is 0.337 e. The summed E-state index contributed by atoms with van der Waals surface area (Å²) < 4.78 is 30.2. The van der Waals surface area contributed by atoms with E-state index in [0.29, 0.717) is 34.4 Å². The van der Waals surface area contributed by atoms with Gasteiger partial charge in [0.1, 0.15) is 5.82 Å². The van der Waals surface area contributed by atoms with Crippen molar-refractivity contribution in [2.45, 2.75) is 24.4 Å². The van der Waals surface area contributed by atoms with Gasteiger partial charge >= 0.3 is 12.0 Å². The first-order valence-electron chi connectivity index (χ1n) is 8.47. The Hall–Kier alpha value is -2.08. The highest BCUT2D eigenvalue weighted by Crippen LogP contribution is 2.30. The molecular weight excluding hydrogens is 394 g/mol. The molecule has 12 heteroatoms. The van der Waals surface area contributed by atoms with Gasteiger partial charge in [0, 0.05) is 24.4 Å². The molecule has 148 valence electrons. The Balaban J connectivity index is 1.74. The SMILES string of the molecule is CCOC(=O)C1=C(CSc2nnc([C@H]3CCS(=O)(=O)C3)n2C)NC(=O)NC1. The second kappa shape index (κ2) is 7.89. The molecule has 2 aliphatic rings. The number of urea groups is 1. The molecule has 0 saturated carbocycles. The average molecular weight is 415 g/mol. The van der Waals surface area contributed by atoms with Gasteiger partial charge in [0.05, 0.1) is 30.2 Å². The van der Waals surface area contributed by atoms with Crippen LogP contribution in [0.2, 0.25) is 0 Å². The number of sulfone groups is 1. The number of hydrogen-bond acceptors (Lipinski definition) is 8. The lowest BCUT2D eigenvalue weighted by molar-refractivity contribution is -0.138. The van der Waals surface area contributed by atoms with Crippen LogP contribution in [-0.4, -0.2) is 65.6 Å². The predicted octanol–water partition coefficient (Wildman–Crippen LogP) is -0.0607. The summed E-state index contributed by atoms with van der Waals surface area (Å²) in [4.78, 5) is 23.7. The maximum atomic E-state index is 12.1. The van der Waals surface area contributed by atoms with Crippen LogP contribution in [0.25, 0.3) is 0 Å². The van der Waals surface area contributed by atoms with Crippen molar-refractivity contribution in [3.63, 3.8) is 0 Å². The molecule has 0 spiro atoms. The first kappa shape index (κ1) is 19.7. The van der Waals surface area contributed by atoms with E-state index < -0.39 is 15.8 Å². The molecule has 27 heavy (non-hydrogen) atoms. The summed E-state index contributed by atoms with van der Waals surface area (Å²) in [5.41, 5.74) is 0.837. The Morgan fingerprint density at radius 3 is 2.85 bits per heavy atom. The van der Waals surface area contributed by atoms with Crippen LogP contribution in [0.4, 0.5) is 4.79 Å². The number of amides is 2. The van der Waals surface area contributed by atoms with Gasteiger partial charge in [0.25, 0.3) is 0 Å². The van der Waals surface area contributed by atoms with Gasteiger partial charge in [0.2, 0.25) is 0 Å². The van der Waals surface area contributed by atoms with Crippen LogP contribution in [-0.2, 0) is 26.4 Å². The number of carbonyl (C=O) groups is 2. The van der Waals surface area contributed by atoms with Crippen molar-refractivity contribution < 1.29 is 22.7 Å². The molecule has 1 atom stereocenters. The molecule has 0 unspecified atom stereocenters. The van der Waals surface area contributed by atoms with Crippen LogP contribution >= 0.6 is 11.8 Å². The molecule has 3 heterocycles.